The monoisotopic (exact) mass is 423 g/mol. The molecule has 0 aromatic heterocycles. The lowest BCUT2D eigenvalue weighted by molar-refractivity contribution is -0.118. The van der Waals surface area contributed by atoms with E-state index >= 15 is 0 Å². The van der Waals surface area contributed by atoms with Gasteiger partial charge >= 0.3 is 0 Å². The van der Waals surface area contributed by atoms with Gasteiger partial charge in [-0.3, -0.25) is 9.69 Å². The van der Waals surface area contributed by atoms with E-state index < -0.39 is 34.5 Å². The maximum absolute atomic E-state index is 14.8. The molecule has 4 rings (SSSR count). The van der Waals surface area contributed by atoms with Gasteiger partial charge in [0.2, 0.25) is 0 Å². The van der Waals surface area contributed by atoms with Crippen LogP contribution in [0.4, 0.5) is 18.9 Å². The zero-order valence-corrected chi connectivity index (χ0v) is 17.0. The lowest BCUT2D eigenvalue weighted by atomic mass is 9.68. The number of para-hydroxylation sites is 1. The Bertz CT molecular complexity index is 1170. The van der Waals surface area contributed by atoms with Crippen LogP contribution in [0.5, 0.6) is 0 Å². The van der Waals surface area contributed by atoms with Crippen LogP contribution < -0.4 is 10.6 Å². The summed E-state index contributed by atoms with van der Waals surface area (Å²) in [7, 11) is 0. The number of hydrogen-bond donors (Lipinski definition) is 1. The Balaban J connectivity index is 2.04. The first kappa shape index (κ1) is 20.7. The molecule has 158 valence electrons. The average molecular weight is 423 g/mol. The highest BCUT2D eigenvalue weighted by Gasteiger charge is 2.45. The van der Waals surface area contributed by atoms with Gasteiger partial charge < -0.3 is 5.73 Å². The summed E-state index contributed by atoms with van der Waals surface area (Å²) in [5, 5.41) is 9.92. The second-order valence-corrected chi connectivity index (χ2v) is 8.60. The molecule has 31 heavy (non-hydrogen) atoms. The van der Waals surface area contributed by atoms with Crippen LogP contribution in [-0.4, -0.2) is 5.78 Å². The number of nitrogens with zero attached hydrogens (tertiary/aromatic N) is 2. The molecule has 2 aromatic carbocycles. The Morgan fingerprint density at radius 2 is 1.68 bits per heavy atom. The van der Waals surface area contributed by atoms with Crippen LogP contribution in [0.25, 0.3) is 0 Å². The Labute approximate surface area is 178 Å². The smallest absolute Gasteiger partial charge is 0.162 e. The quantitative estimate of drug-likeness (QED) is 0.734. The molecule has 0 spiro atoms. The van der Waals surface area contributed by atoms with E-state index in [0.717, 1.165) is 17.0 Å². The minimum absolute atomic E-state index is 0.0129. The first-order valence-electron chi connectivity index (χ1n) is 9.80. The number of anilines is 1. The van der Waals surface area contributed by atoms with E-state index in [1.165, 1.54) is 30.3 Å². The maximum Gasteiger partial charge on any atom is 0.162 e. The number of halogens is 3. The number of Topliss-reactive ketones (excluding diaryl/α,β-unsaturated/α-hetero) is 1. The number of nitriles is 1. The first-order valence-corrected chi connectivity index (χ1v) is 9.80. The van der Waals surface area contributed by atoms with Gasteiger partial charge in [0.25, 0.3) is 0 Å². The first-order chi connectivity index (χ1) is 14.6. The molecule has 0 fully saturated rings. The summed E-state index contributed by atoms with van der Waals surface area (Å²) < 4.78 is 43.0. The van der Waals surface area contributed by atoms with Crippen LogP contribution in [0.1, 0.15) is 38.2 Å². The molecule has 2 aliphatic rings. The van der Waals surface area contributed by atoms with Gasteiger partial charge in [-0.05, 0) is 41.7 Å². The molecule has 0 bridgehead atoms. The van der Waals surface area contributed by atoms with E-state index in [2.05, 4.69) is 0 Å². The molecule has 0 radical (unpaired) electrons. The second kappa shape index (κ2) is 7.31. The summed E-state index contributed by atoms with van der Waals surface area (Å²) in [5.41, 5.74) is 6.54. The van der Waals surface area contributed by atoms with Gasteiger partial charge in [-0.2, -0.15) is 5.26 Å². The van der Waals surface area contributed by atoms with Crippen molar-refractivity contribution in [2.75, 3.05) is 4.90 Å². The Kier molecular flexibility index (Phi) is 4.89. The van der Waals surface area contributed by atoms with Crippen molar-refractivity contribution in [1.82, 2.24) is 0 Å². The molecule has 0 amide bonds. The minimum atomic E-state index is -0.858. The molecule has 7 heteroatoms. The molecule has 2 aromatic rings. The van der Waals surface area contributed by atoms with E-state index in [9.17, 15) is 23.2 Å². The Morgan fingerprint density at radius 1 is 1.06 bits per heavy atom. The molecule has 1 aliphatic carbocycles. The van der Waals surface area contributed by atoms with Gasteiger partial charge in [0, 0.05) is 17.7 Å². The molecule has 0 saturated carbocycles. The summed E-state index contributed by atoms with van der Waals surface area (Å²) >= 11 is 0. The van der Waals surface area contributed by atoms with Crippen LogP contribution in [0.15, 0.2) is 65.1 Å². The van der Waals surface area contributed by atoms with Crippen molar-refractivity contribution in [3.63, 3.8) is 0 Å². The van der Waals surface area contributed by atoms with Crippen LogP contribution in [0.3, 0.4) is 0 Å². The molecule has 1 heterocycles. The van der Waals surface area contributed by atoms with E-state index in [-0.39, 0.29) is 29.2 Å². The molecular formula is C24H20F3N3O. The lowest BCUT2D eigenvalue weighted by Crippen LogP contribution is -2.42. The second-order valence-electron chi connectivity index (χ2n) is 8.60. The summed E-state index contributed by atoms with van der Waals surface area (Å²) in [6.07, 6.45) is 0.523. The van der Waals surface area contributed by atoms with Gasteiger partial charge in [-0.1, -0.05) is 32.0 Å². The summed E-state index contributed by atoms with van der Waals surface area (Å²) in [5.74, 6) is -3.40. The highest BCUT2D eigenvalue weighted by molar-refractivity contribution is 6.01. The lowest BCUT2D eigenvalue weighted by Gasteiger charge is -2.43. The Hall–Kier alpha value is -3.53. The zero-order valence-electron chi connectivity index (χ0n) is 17.0. The SMILES string of the molecule is CC1(C)CC(=O)C2=C(C1)N(c1c(F)cccc1F)C(N)=C(C#N)[C@H]2c1ccc(F)cc1. The van der Waals surface area contributed by atoms with Crippen molar-refractivity contribution in [3.05, 3.63) is 88.1 Å². The number of allylic oxidation sites excluding steroid dienone is 3. The van der Waals surface area contributed by atoms with Crippen molar-refractivity contribution in [2.24, 2.45) is 11.1 Å². The van der Waals surface area contributed by atoms with Crippen LogP contribution in [0.2, 0.25) is 0 Å². The van der Waals surface area contributed by atoms with Gasteiger partial charge in [-0.25, -0.2) is 13.2 Å². The molecule has 0 saturated heterocycles. The summed E-state index contributed by atoms with van der Waals surface area (Å²) in [6, 6.07) is 10.9. The molecule has 4 nitrogen and oxygen atoms in total. The van der Waals surface area contributed by atoms with Crippen molar-refractivity contribution in [1.29, 1.82) is 5.26 Å². The minimum Gasteiger partial charge on any atom is -0.384 e. The third-order valence-corrected chi connectivity index (χ3v) is 5.75. The van der Waals surface area contributed by atoms with Crippen molar-refractivity contribution in [2.45, 2.75) is 32.6 Å². The van der Waals surface area contributed by atoms with E-state index in [1.807, 2.05) is 19.9 Å². The topological polar surface area (TPSA) is 70.1 Å². The average Bonchev–Trinajstić information content (AvgIpc) is 2.68. The van der Waals surface area contributed by atoms with Gasteiger partial charge in [0.15, 0.2) is 5.78 Å². The van der Waals surface area contributed by atoms with Gasteiger partial charge in [-0.15, -0.1) is 0 Å². The fourth-order valence-corrected chi connectivity index (χ4v) is 4.46. The molecular weight excluding hydrogens is 403 g/mol. The van der Waals surface area contributed by atoms with Crippen molar-refractivity contribution >= 4 is 11.5 Å². The Morgan fingerprint density at radius 3 is 2.26 bits per heavy atom. The number of nitrogens with two attached hydrogens (primary N) is 1. The normalized spacial score (nSPS) is 20.6. The number of benzene rings is 2. The summed E-state index contributed by atoms with van der Waals surface area (Å²) in [6.45, 7) is 3.77. The van der Waals surface area contributed by atoms with Crippen molar-refractivity contribution < 1.29 is 18.0 Å². The fourth-order valence-electron chi connectivity index (χ4n) is 4.46. The van der Waals surface area contributed by atoms with Crippen molar-refractivity contribution in [3.8, 4) is 6.07 Å². The highest BCUT2D eigenvalue weighted by atomic mass is 19.1. The van der Waals surface area contributed by atoms with Crippen LogP contribution >= 0.6 is 0 Å². The third-order valence-electron chi connectivity index (χ3n) is 5.75. The molecule has 0 unspecified atom stereocenters. The van der Waals surface area contributed by atoms with Gasteiger partial charge in [0.1, 0.15) is 29.0 Å². The van der Waals surface area contributed by atoms with E-state index in [1.54, 1.807) is 0 Å². The third kappa shape index (κ3) is 3.38. The highest BCUT2D eigenvalue weighted by Crippen LogP contribution is 2.50. The van der Waals surface area contributed by atoms with E-state index in [4.69, 9.17) is 5.73 Å². The largest absolute Gasteiger partial charge is 0.384 e. The van der Waals surface area contributed by atoms with Crippen LogP contribution in [-0.2, 0) is 4.79 Å². The van der Waals surface area contributed by atoms with E-state index in [0.29, 0.717) is 17.7 Å². The maximum atomic E-state index is 14.8. The number of hydrogen-bond acceptors (Lipinski definition) is 4. The standard InChI is InChI=1S/C24H20F3N3O/c1-24(2)10-18-21(19(31)11-24)20(13-6-8-14(25)9-7-13)15(12-28)23(29)30(18)22-16(26)4-3-5-17(22)27/h3-9,20H,10-11,29H2,1-2H3/t20-/m1/s1. The predicted molar refractivity (Wildman–Crippen MR) is 110 cm³/mol. The summed E-state index contributed by atoms with van der Waals surface area (Å²) in [4.78, 5) is 14.5. The number of carbonyl (C=O) groups is 1. The van der Waals surface area contributed by atoms with Crippen LogP contribution in [0, 0.1) is 34.2 Å². The number of carbonyl (C=O) groups excluding carboxylic acids is 1. The molecule has 1 aliphatic heterocycles. The fraction of sp³-hybridized carbons (Fsp3) is 0.250. The number of ketones is 1. The number of rotatable bonds is 2. The molecule has 2 N–H and O–H groups in total. The van der Waals surface area contributed by atoms with Gasteiger partial charge in [0.05, 0.1) is 17.6 Å². The predicted octanol–water partition coefficient (Wildman–Crippen LogP) is 5.04. The molecule has 1 atom stereocenters. The zero-order chi connectivity index (χ0) is 22.5.